The lowest BCUT2D eigenvalue weighted by atomic mass is 9.86. The molecule has 1 saturated carbocycles. The Bertz CT molecular complexity index is 634. The summed E-state index contributed by atoms with van der Waals surface area (Å²) in [4.78, 5) is 11.4. The molecule has 2 unspecified atom stereocenters. The third-order valence-corrected chi connectivity index (χ3v) is 4.59. The Kier molecular flexibility index (Phi) is 3.80. The highest BCUT2D eigenvalue weighted by atomic mass is 15.3. The molecule has 0 aliphatic heterocycles. The Morgan fingerprint density at radius 3 is 2.95 bits per heavy atom. The molecular formula is C15H24N6. The maximum atomic E-state index is 6.02. The van der Waals surface area contributed by atoms with Crippen LogP contribution >= 0.6 is 0 Å². The highest BCUT2D eigenvalue weighted by Crippen LogP contribution is 2.27. The monoisotopic (exact) mass is 288 g/mol. The first kappa shape index (κ1) is 14.3. The zero-order valence-electron chi connectivity index (χ0n) is 13.1. The zero-order chi connectivity index (χ0) is 15.0. The topological polar surface area (TPSA) is 72.9 Å². The standard InChI is InChI=1S/C15H24N6/c1-10-5-4-6-11(7-10)20(2)9-13-18-14(16)12-8-17-21(3)15(12)19-13/h8,10-11H,4-7,9H2,1-3H3,(H2,16,18,19). The van der Waals surface area contributed by atoms with E-state index in [0.29, 0.717) is 11.9 Å². The number of nitrogens with zero attached hydrogens (tertiary/aromatic N) is 5. The Morgan fingerprint density at radius 2 is 2.19 bits per heavy atom. The molecule has 114 valence electrons. The summed E-state index contributed by atoms with van der Waals surface area (Å²) in [5, 5.41) is 5.03. The van der Waals surface area contributed by atoms with E-state index >= 15 is 0 Å². The number of hydrogen-bond acceptors (Lipinski definition) is 5. The van der Waals surface area contributed by atoms with Gasteiger partial charge in [-0.25, -0.2) is 9.97 Å². The molecule has 21 heavy (non-hydrogen) atoms. The molecular weight excluding hydrogens is 264 g/mol. The molecule has 1 fully saturated rings. The first-order valence-electron chi connectivity index (χ1n) is 7.69. The van der Waals surface area contributed by atoms with Crippen LogP contribution in [0.25, 0.3) is 11.0 Å². The second-order valence-corrected chi connectivity index (χ2v) is 6.37. The number of fused-ring (bicyclic) bond motifs is 1. The van der Waals surface area contributed by atoms with Crippen LogP contribution in [-0.4, -0.2) is 37.7 Å². The van der Waals surface area contributed by atoms with E-state index in [0.717, 1.165) is 29.3 Å². The van der Waals surface area contributed by atoms with Crippen LogP contribution in [0.5, 0.6) is 0 Å². The lowest BCUT2D eigenvalue weighted by Crippen LogP contribution is -2.35. The molecule has 2 aromatic heterocycles. The van der Waals surface area contributed by atoms with Gasteiger partial charge in [0.1, 0.15) is 11.6 Å². The summed E-state index contributed by atoms with van der Waals surface area (Å²) in [7, 11) is 4.04. The van der Waals surface area contributed by atoms with Crippen LogP contribution in [0, 0.1) is 5.92 Å². The minimum absolute atomic E-state index is 0.522. The minimum atomic E-state index is 0.522. The van der Waals surface area contributed by atoms with E-state index in [1.54, 1.807) is 10.9 Å². The third kappa shape index (κ3) is 2.85. The first-order valence-corrected chi connectivity index (χ1v) is 7.69. The maximum absolute atomic E-state index is 6.02. The van der Waals surface area contributed by atoms with Crippen LogP contribution in [0.3, 0.4) is 0 Å². The van der Waals surface area contributed by atoms with Gasteiger partial charge in [0.15, 0.2) is 5.65 Å². The summed E-state index contributed by atoms with van der Waals surface area (Å²) in [6, 6.07) is 0.626. The molecule has 0 saturated heterocycles. The van der Waals surface area contributed by atoms with Crippen molar-refractivity contribution in [2.24, 2.45) is 13.0 Å². The Labute approximate surface area is 125 Å². The number of hydrogen-bond donors (Lipinski definition) is 1. The Balaban J connectivity index is 1.79. The fourth-order valence-electron chi connectivity index (χ4n) is 3.32. The van der Waals surface area contributed by atoms with Crippen molar-refractivity contribution in [3.05, 3.63) is 12.0 Å². The fraction of sp³-hybridized carbons (Fsp3) is 0.667. The van der Waals surface area contributed by atoms with E-state index in [2.05, 4.69) is 33.9 Å². The summed E-state index contributed by atoms with van der Waals surface area (Å²) in [5.41, 5.74) is 6.83. The van der Waals surface area contributed by atoms with Crippen molar-refractivity contribution < 1.29 is 0 Å². The summed E-state index contributed by atoms with van der Waals surface area (Å²) in [6.07, 6.45) is 6.93. The molecule has 2 heterocycles. The zero-order valence-corrected chi connectivity index (χ0v) is 13.1. The molecule has 1 aliphatic carbocycles. The van der Waals surface area contributed by atoms with Gasteiger partial charge in [0.2, 0.25) is 0 Å². The normalized spacial score (nSPS) is 23.0. The molecule has 2 aromatic rings. The van der Waals surface area contributed by atoms with Crippen molar-refractivity contribution in [2.45, 2.75) is 45.2 Å². The molecule has 1 aliphatic rings. The quantitative estimate of drug-likeness (QED) is 0.934. The number of nitrogen functional groups attached to an aromatic ring is 1. The highest BCUT2D eigenvalue weighted by molar-refractivity contribution is 5.84. The van der Waals surface area contributed by atoms with Gasteiger partial charge in [0, 0.05) is 13.1 Å². The molecule has 2 N–H and O–H groups in total. The van der Waals surface area contributed by atoms with Gasteiger partial charge in [0.25, 0.3) is 0 Å². The molecule has 2 atom stereocenters. The van der Waals surface area contributed by atoms with Crippen molar-refractivity contribution in [3.8, 4) is 0 Å². The van der Waals surface area contributed by atoms with Gasteiger partial charge < -0.3 is 5.73 Å². The van der Waals surface area contributed by atoms with Crippen LogP contribution in [-0.2, 0) is 13.6 Å². The largest absolute Gasteiger partial charge is 0.383 e. The second kappa shape index (κ2) is 5.60. The van der Waals surface area contributed by atoms with Crippen LogP contribution in [0.2, 0.25) is 0 Å². The summed E-state index contributed by atoms with van der Waals surface area (Å²) in [5.74, 6) is 2.12. The summed E-state index contributed by atoms with van der Waals surface area (Å²) in [6.45, 7) is 3.08. The average molecular weight is 288 g/mol. The molecule has 0 radical (unpaired) electrons. The highest BCUT2D eigenvalue weighted by Gasteiger charge is 2.23. The van der Waals surface area contributed by atoms with Crippen LogP contribution < -0.4 is 5.73 Å². The van der Waals surface area contributed by atoms with Crippen molar-refractivity contribution in [2.75, 3.05) is 12.8 Å². The smallest absolute Gasteiger partial charge is 0.163 e. The molecule has 6 heteroatoms. The molecule has 0 amide bonds. The first-order chi connectivity index (χ1) is 10.0. The van der Waals surface area contributed by atoms with Gasteiger partial charge in [-0.05, 0) is 25.8 Å². The lowest BCUT2D eigenvalue weighted by molar-refractivity contribution is 0.155. The Morgan fingerprint density at radius 1 is 1.38 bits per heavy atom. The lowest BCUT2D eigenvalue weighted by Gasteiger charge is -2.33. The number of nitrogens with two attached hydrogens (primary N) is 1. The predicted octanol–water partition coefficient (Wildman–Crippen LogP) is 1.96. The van der Waals surface area contributed by atoms with Crippen LogP contribution in [0.15, 0.2) is 6.20 Å². The second-order valence-electron chi connectivity index (χ2n) is 6.37. The maximum Gasteiger partial charge on any atom is 0.163 e. The van der Waals surface area contributed by atoms with E-state index in [-0.39, 0.29) is 0 Å². The molecule has 3 rings (SSSR count). The minimum Gasteiger partial charge on any atom is -0.383 e. The van der Waals surface area contributed by atoms with Crippen molar-refractivity contribution >= 4 is 16.9 Å². The summed E-state index contributed by atoms with van der Waals surface area (Å²) >= 11 is 0. The SMILES string of the molecule is CC1CCCC(N(C)Cc2nc(N)c3cnn(C)c3n2)C1. The molecule has 0 bridgehead atoms. The van der Waals surface area contributed by atoms with Gasteiger partial charge >= 0.3 is 0 Å². The third-order valence-electron chi connectivity index (χ3n) is 4.59. The van der Waals surface area contributed by atoms with Gasteiger partial charge in [0.05, 0.1) is 18.1 Å². The van der Waals surface area contributed by atoms with E-state index in [1.165, 1.54) is 25.7 Å². The van der Waals surface area contributed by atoms with E-state index in [1.807, 2.05) is 7.05 Å². The van der Waals surface area contributed by atoms with Crippen molar-refractivity contribution in [3.63, 3.8) is 0 Å². The van der Waals surface area contributed by atoms with Gasteiger partial charge in [-0.2, -0.15) is 5.10 Å². The predicted molar refractivity (Wildman–Crippen MR) is 83.6 cm³/mol. The van der Waals surface area contributed by atoms with E-state index in [4.69, 9.17) is 5.73 Å². The number of rotatable bonds is 3. The Hall–Kier alpha value is -1.69. The molecule has 0 aromatic carbocycles. The van der Waals surface area contributed by atoms with Crippen molar-refractivity contribution in [1.82, 2.24) is 24.6 Å². The van der Waals surface area contributed by atoms with Crippen molar-refractivity contribution in [1.29, 1.82) is 0 Å². The van der Waals surface area contributed by atoms with E-state index in [9.17, 15) is 0 Å². The van der Waals surface area contributed by atoms with Gasteiger partial charge in [-0.1, -0.05) is 19.8 Å². The van der Waals surface area contributed by atoms with E-state index < -0.39 is 0 Å². The molecule has 6 nitrogen and oxygen atoms in total. The van der Waals surface area contributed by atoms with Crippen LogP contribution in [0.1, 0.15) is 38.4 Å². The van der Waals surface area contributed by atoms with Gasteiger partial charge in [-0.3, -0.25) is 9.58 Å². The summed E-state index contributed by atoms with van der Waals surface area (Å²) < 4.78 is 1.75. The number of aryl methyl sites for hydroxylation is 1. The van der Waals surface area contributed by atoms with Gasteiger partial charge in [-0.15, -0.1) is 0 Å². The average Bonchev–Trinajstić information content (AvgIpc) is 2.81. The number of aromatic nitrogens is 4. The van der Waals surface area contributed by atoms with Crippen LogP contribution in [0.4, 0.5) is 5.82 Å². The number of anilines is 1. The fourth-order valence-corrected chi connectivity index (χ4v) is 3.32. The molecule has 0 spiro atoms.